The van der Waals surface area contributed by atoms with Gasteiger partial charge in [-0.2, -0.15) is 0 Å². The summed E-state index contributed by atoms with van der Waals surface area (Å²) in [5.74, 6) is 0.299. The molecule has 148 valence electrons. The van der Waals surface area contributed by atoms with Gasteiger partial charge in [-0.3, -0.25) is 0 Å². The van der Waals surface area contributed by atoms with E-state index in [2.05, 4.69) is 11.9 Å². The maximum atomic E-state index is 12.9. The van der Waals surface area contributed by atoms with Crippen LogP contribution in [0.3, 0.4) is 0 Å². The Hall–Kier alpha value is -3.53. The summed E-state index contributed by atoms with van der Waals surface area (Å²) in [6.07, 6.45) is 1.70. The predicted molar refractivity (Wildman–Crippen MR) is 118 cm³/mol. The van der Waals surface area contributed by atoms with Gasteiger partial charge in [0.1, 0.15) is 12.4 Å². The van der Waals surface area contributed by atoms with Gasteiger partial charge in [0, 0.05) is 11.3 Å². The Morgan fingerprint density at radius 2 is 1.72 bits per heavy atom. The van der Waals surface area contributed by atoms with E-state index < -0.39 is 0 Å². The molecule has 0 spiro atoms. The van der Waals surface area contributed by atoms with Crippen molar-refractivity contribution in [1.82, 2.24) is 0 Å². The summed E-state index contributed by atoms with van der Waals surface area (Å²) < 4.78 is 11.3. The van der Waals surface area contributed by atoms with Gasteiger partial charge in [-0.25, -0.2) is 4.79 Å². The molecule has 0 aliphatic carbocycles. The smallest absolute Gasteiger partial charge is 0.339 e. The number of esters is 1. The molecule has 0 heterocycles. The summed E-state index contributed by atoms with van der Waals surface area (Å²) in [4.78, 5) is 12.9. The highest BCUT2D eigenvalue weighted by atomic mass is 16.5. The predicted octanol–water partition coefficient (Wildman–Crippen LogP) is 6.15. The van der Waals surface area contributed by atoms with Crippen molar-refractivity contribution >= 4 is 17.3 Å². The maximum absolute atomic E-state index is 12.9. The lowest BCUT2D eigenvalue weighted by atomic mass is 9.93. The van der Waals surface area contributed by atoms with E-state index >= 15 is 0 Å². The highest BCUT2D eigenvalue weighted by Gasteiger charge is 2.23. The summed E-state index contributed by atoms with van der Waals surface area (Å²) in [6, 6.07) is 21.5. The van der Waals surface area contributed by atoms with E-state index in [0.29, 0.717) is 24.5 Å². The number of benzene rings is 3. The number of ether oxygens (including phenoxy) is 2. The van der Waals surface area contributed by atoms with Crippen molar-refractivity contribution < 1.29 is 14.3 Å². The first kappa shape index (κ1) is 20.2. The van der Waals surface area contributed by atoms with E-state index in [9.17, 15) is 4.79 Å². The van der Waals surface area contributed by atoms with Gasteiger partial charge in [0.15, 0.2) is 0 Å². The van der Waals surface area contributed by atoms with Crippen molar-refractivity contribution in [2.45, 2.75) is 13.8 Å². The third kappa shape index (κ3) is 4.66. The zero-order chi connectivity index (χ0) is 20.6. The molecule has 3 rings (SSSR count). The molecule has 0 amide bonds. The first-order valence-electron chi connectivity index (χ1n) is 9.61. The molecule has 4 heteroatoms. The lowest BCUT2D eigenvalue weighted by Gasteiger charge is -2.21. The summed E-state index contributed by atoms with van der Waals surface area (Å²) in [5, 5.41) is 3.40. The van der Waals surface area contributed by atoms with Crippen molar-refractivity contribution in [2.24, 2.45) is 0 Å². The van der Waals surface area contributed by atoms with E-state index in [1.807, 2.05) is 73.7 Å². The number of carbonyl (C=O) groups excluding carboxylic acids is 1. The number of hydrogen-bond donors (Lipinski definition) is 1. The molecule has 0 radical (unpaired) electrons. The molecule has 1 N–H and O–H groups in total. The second-order valence-electron chi connectivity index (χ2n) is 6.47. The van der Waals surface area contributed by atoms with E-state index in [4.69, 9.17) is 9.47 Å². The normalized spacial score (nSPS) is 10.3. The number of anilines is 2. The van der Waals surface area contributed by atoms with E-state index in [1.54, 1.807) is 13.0 Å². The zero-order valence-electron chi connectivity index (χ0n) is 16.8. The third-order valence-electron chi connectivity index (χ3n) is 4.51. The molecule has 0 fully saturated rings. The van der Waals surface area contributed by atoms with E-state index in [0.717, 1.165) is 28.1 Å². The van der Waals surface area contributed by atoms with Gasteiger partial charge in [-0.05, 0) is 43.2 Å². The first-order chi connectivity index (χ1) is 14.2. The van der Waals surface area contributed by atoms with Gasteiger partial charge in [0.2, 0.25) is 0 Å². The maximum Gasteiger partial charge on any atom is 0.339 e. The SMILES string of the molecule is C=CCOc1cc(-c2ccccc2)c(C(=O)OCC)c(C)c1Nc1ccccc1. The third-order valence-corrected chi connectivity index (χ3v) is 4.51. The van der Waals surface area contributed by atoms with E-state index in [1.165, 1.54) is 0 Å². The second kappa shape index (κ2) is 9.60. The van der Waals surface area contributed by atoms with Gasteiger partial charge in [0.25, 0.3) is 0 Å². The first-order valence-corrected chi connectivity index (χ1v) is 9.61. The van der Waals surface area contributed by atoms with Crippen LogP contribution in [-0.2, 0) is 4.74 Å². The molecule has 0 bridgehead atoms. The Balaban J connectivity index is 2.22. The highest BCUT2D eigenvalue weighted by molar-refractivity contribution is 6.02. The van der Waals surface area contributed by atoms with Gasteiger partial charge in [-0.15, -0.1) is 0 Å². The summed E-state index contributed by atoms with van der Waals surface area (Å²) >= 11 is 0. The van der Waals surface area contributed by atoms with Crippen molar-refractivity contribution in [3.8, 4) is 16.9 Å². The topological polar surface area (TPSA) is 47.6 Å². The molecule has 3 aromatic carbocycles. The van der Waals surface area contributed by atoms with E-state index in [-0.39, 0.29) is 5.97 Å². The average molecular weight is 387 g/mol. The molecule has 0 aliphatic heterocycles. The van der Waals surface area contributed by atoms with Crippen LogP contribution in [0.25, 0.3) is 11.1 Å². The molecule has 0 aliphatic rings. The van der Waals surface area contributed by atoms with Crippen LogP contribution in [-0.4, -0.2) is 19.2 Å². The van der Waals surface area contributed by atoms with Crippen LogP contribution in [0.4, 0.5) is 11.4 Å². The molecule has 4 nitrogen and oxygen atoms in total. The standard InChI is InChI=1S/C25H25NO3/c1-4-16-29-22-17-21(19-12-8-6-9-13-19)23(25(27)28-5-2)18(3)24(22)26-20-14-10-7-11-15-20/h4,6-15,17,26H,1,5,16H2,2-3H3. The summed E-state index contributed by atoms with van der Waals surface area (Å²) in [7, 11) is 0. The fourth-order valence-electron chi connectivity index (χ4n) is 3.18. The number of para-hydroxylation sites is 1. The van der Waals surface area contributed by atoms with Crippen molar-refractivity contribution in [2.75, 3.05) is 18.5 Å². The Labute approximate surface area is 171 Å². The molecule has 3 aromatic rings. The van der Waals surface area contributed by atoms with Crippen molar-refractivity contribution in [3.63, 3.8) is 0 Å². The fourth-order valence-corrected chi connectivity index (χ4v) is 3.18. The molecule has 0 saturated heterocycles. The van der Waals surface area contributed by atoms with Crippen LogP contribution in [0, 0.1) is 6.92 Å². The van der Waals surface area contributed by atoms with Gasteiger partial charge >= 0.3 is 5.97 Å². The van der Waals surface area contributed by atoms with Gasteiger partial charge < -0.3 is 14.8 Å². The van der Waals surface area contributed by atoms with Gasteiger partial charge in [0.05, 0.1) is 17.9 Å². The van der Waals surface area contributed by atoms with Crippen LogP contribution >= 0.6 is 0 Å². The number of rotatable bonds is 8. The number of carbonyl (C=O) groups is 1. The molecule has 0 atom stereocenters. The van der Waals surface area contributed by atoms with Crippen LogP contribution in [0.15, 0.2) is 79.4 Å². The molecule has 0 unspecified atom stereocenters. The summed E-state index contributed by atoms with van der Waals surface area (Å²) in [5.41, 5.74) is 4.64. The van der Waals surface area contributed by atoms with Crippen LogP contribution < -0.4 is 10.1 Å². The highest BCUT2D eigenvalue weighted by Crippen LogP contribution is 2.40. The lowest BCUT2D eigenvalue weighted by Crippen LogP contribution is -2.12. The Morgan fingerprint density at radius 3 is 2.34 bits per heavy atom. The molecular weight excluding hydrogens is 362 g/mol. The number of nitrogens with one attached hydrogen (secondary N) is 1. The minimum atomic E-state index is -0.352. The molecular formula is C25H25NO3. The van der Waals surface area contributed by atoms with Gasteiger partial charge in [-0.1, -0.05) is 61.2 Å². The minimum absolute atomic E-state index is 0.308. The van der Waals surface area contributed by atoms with Crippen LogP contribution in [0.2, 0.25) is 0 Å². The zero-order valence-corrected chi connectivity index (χ0v) is 16.8. The molecule has 0 saturated carbocycles. The fraction of sp³-hybridized carbons (Fsp3) is 0.160. The molecule has 29 heavy (non-hydrogen) atoms. The second-order valence-corrected chi connectivity index (χ2v) is 6.47. The largest absolute Gasteiger partial charge is 0.487 e. The van der Waals surface area contributed by atoms with Crippen molar-refractivity contribution in [3.05, 3.63) is 90.5 Å². The quantitative estimate of drug-likeness (QED) is 0.372. The van der Waals surface area contributed by atoms with Crippen LogP contribution in [0.5, 0.6) is 5.75 Å². The Bertz CT molecular complexity index is 982. The lowest BCUT2D eigenvalue weighted by molar-refractivity contribution is 0.0526. The Kier molecular flexibility index (Phi) is 6.69. The Morgan fingerprint density at radius 1 is 1.07 bits per heavy atom. The summed E-state index contributed by atoms with van der Waals surface area (Å²) in [6.45, 7) is 8.12. The molecule has 0 aromatic heterocycles. The van der Waals surface area contributed by atoms with Crippen LogP contribution in [0.1, 0.15) is 22.8 Å². The number of hydrogen-bond acceptors (Lipinski definition) is 4. The van der Waals surface area contributed by atoms with Crippen molar-refractivity contribution in [1.29, 1.82) is 0 Å². The monoisotopic (exact) mass is 387 g/mol. The minimum Gasteiger partial charge on any atom is -0.487 e. The average Bonchev–Trinajstić information content (AvgIpc) is 2.75.